The predicted octanol–water partition coefficient (Wildman–Crippen LogP) is 0.985. The molecule has 0 aromatic carbocycles. The van der Waals surface area contributed by atoms with Crippen LogP contribution in [0, 0.1) is 0 Å². The van der Waals surface area contributed by atoms with Crippen LogP contribution in [0.5, 0.6) is 5.75 Å². The molecule has 0 saturated carbocycles. The van der Waals surface area contributed by atoms with E-state index in [1.807, 2.05) is 12.1 Å². The number of hydrogen-bond donors (Lipinski definition) is 1. The van der Waals surface area contributed by atoms with Crippen LogP contribution in [0.2, 0.25) is 0 Å². The minimum atomic E-state index is 0.299. The molecular formula is C14H23N3O2. The van der Waals surface area contributed by atoms with Crippen LogP contribution in [-0.4, -0.2) is 61.4 Å². The molecule has 2 heterocycles. The van der Waals surface area contributed by atoms with Gasteiger partial charge in [0.05, 0.1) is 7.11 Å². The van der Waals surface area contributed by atoms with Crippen molar-refractivity contribution in [1.82, 2.24) is 9.88 Å². The summed E-state index contributed by atoms with van der Waals surface area (Å²) in [5.41, 5.74) is 0. The molecule has 1 aromatic rings. The van der Waals surface area contributed by atoms with E-state index < -0.39 is 0 Å². The van der Waals surface area contributed by atoms with Crippen LogP contribution >= 0.6 is 0 Å². The van der Waals surface area contributed by atoms with Gasteiger partial charge < -0.3 is 14.7 Å². The Labute approximate surface area is 114 Å². The topological polar surface area (TPSA) is 48.8 Å². The van der Waals surface area contributed by atoms with Gasteiger partial charge in [0.15, 0.2) is 0 Å². The molecule has 1 aliphatic rings. The van der Waals surface area contributed by atoms with E-state index in [2.05, 4.69) is 14.8 Å². The van der Waals surface area contributed by atoms with Crippen molar-refractivity contribution in [2.45, 2.75) is 12.8 Å². The standard InChI is InChI=1S/C14H23N3O2/c1-19-13-4-5-15-14(12-13)17-9-7-16(8-10-17)6-2-3-11-18/h4-5,12,18H,2-3,6-11H2,1H3. The first kappa shape index (κ1) is 14.1. The van der Waals surface area contributed by atoms with Crippen molar-refractivity contribution in [3.8, 4) is 5.75 Å². The molecule has 0 amide bonds. The molecule has 5 heteroatoms. The third-order valence-electron chi connectivity index (χ3n) is 3.53. The average molecular weight is 265 g/mol. The number of unbranched alkanes of at least 4 members (excludes halogenated alkanes) is 1. The van der Waals surface area contributed by atoms with E-state index in [1.54, 1.807) is 13.3 Å². The zero-order valence-corrected chi connectivity index (χ0v) is 11.6. The summed E-state index contributed by atoms with van der Waals surface area (Å²) in [6.07, 6.45) is 3.77. The van der Waals surface area contributed by atoms with Gasteiger partial charge in [-0.1, -0.05) is 0 Å². The Morgan fingerprint density at radius 2 is 2.05 bits per heavy atom. The van der Waals surface area contributed by atoms with Crippen LogP contribution < -0.4 is 9.64 Å². The third-order valence-corrected chi connectivity index (χ3v) is 3.53. The van der Waals surface area contributed by atoms with Gasteiger partial charge in [0.2, 0.25) is 0 Å². The molecule has 1 aromatic heterocycles. The number of hydrogen-bond acceptors (Lipinski definition) is 5. The molecule has 0 unspecified atom stereocenters. The number of methoxy groups -OCH3 is 1. The number of pyridine rings is 1. The number of aromatic nitrogens is 1. The second-order valence-corrected chi connectivity index (χ2v) is 4.81. The van der Waals surface area contributed by atoms with Crippen molar-refractivity contribution < 1.29 is 9.84 Å². The lowest BCUT2D eigenvalue weighted by molar-refractivity contribution is 0.232. The highest BCUT2D eigenvalue weighted by molar-refractivity contribution is 5.43. The first-order chi connectivity index (χ1) is 9.33. The van der Waals surface area contributed by atoms with E-state index in [4.69, 9.17) is 9.84 Å². The Balaban J connectivity index is 1.82. The lowest BCUT2D eigenvalue weighted by atomic mass is 10.2. The Kier molecular flexibility index (Phi) is 5.42. The van der Waals surface area contributed by atoms with Gasteiger partial charge in [0.25, 0.3) is 0 Å². The van der Waals surface area contributed by atoms with Gasteiger partial charge in [0.1, 0.15) is 11.6 Å². The third kappa shape index (κ3) is 4.08. The Morgan fingerprint density at radius 3 is 2.74 bits per heavy atom. The number of nitrogens with zero attached hydrogens (tertiary/aromatic N) is 3. The number of ether oxygens (including phenoxy) is 1. The van der Waals surface area contributed by atoms with Crippen LogP contribution in [0.4, 0.5) is 5.82 Å². The summed E-state index contributed by atoms with van der Waals surface area (Å²) in [4.78, 5) is 9.15. The SMILES string of the molecule is COc1ccnc(N2CCN(CCCCO)CC2)c1. The van der Waals surface area contributed by atoms with Crippen LogP contribution in [0.1, 0.15) is 12.8 Å². The van der Waals surface area contributed by atoms with E-state index in [0.717, 1.165) is 57.1 Å². The average Bonchev–Trinajstić information content (AvgIpc) is 2.48. The summed E-state index contributed by atoms with van der Waals surface area (Å²) in [5, 5.41) is 8.79. The number of aliphatic hydroxyl groups excluding tert-OH is 1. The molecular weight excluding hydrogens is 242 g/mol. The van der Waals surface area contributed by atoms with Crippen molar-refractivity contribution >= 4 is 5.82 Å². The minimum Gasteiger partial charge on any atom is -0.497 e. The van der Waals surface area contributed by atoms with Crippen molar-refractivity contribution in [3.63, 3.8) is 0 Å². The normalized spacial score (nSPS) is 16.6. The number of anilines is 1. The van der Waals surface area contributed by atoms with E-state index in [1.165, 1.54) is 0 Å². The fourth-order valence-electron chi connectivity index (χ4n) is 2.35. The van der Waals surface area contributed by atoms with Crippen LogP contribution in [-0.2, 0) is 0 Å². The van der Waals surface area contributed by atoms with Gasteiger partial charge in [-0.2, -0.15) is 0 Å². The van der Waals surface area contributed by atoms with Crippen molar-refractivity contribution in [2.24, 2.45) is 0 Å². The molecule has 19 heavy (non-hydrogen) atoms. The van der Waals surface area contributed by atoms with Gasteiger partial charge >= 0.3 is 0 Å². The lowest BCUT2D eigenvalue weighted by Crippen LogP contribution is -2.46. The second-order valence-electron chi connectivity index (χ2n) is 4.81. The van der Waals surface area contributed by atoms with E-state index in [-0.39, 0.29) is 0 Å². The summed E-state index contributed by atoms with van der Waals surface area (Å²) in [6, 6.07) is 3.86. The maximum absolute atomic E-state index is 8.79. The molecule has 5 nitrogen and oxygen atoms in total. The van der Waals surface area contributed by atoms with Crippen molar-refractivity contribution in [3.05, 3.63) is 18.3 Å². The summed E-state index contributed by atoms with van der Waals surface area (Å²) in [7, 11) is 1.68. The van der Waals surface area contributed by atoms with Crippen LogP contribution in [0.25, 0.3) is 0 Å². The highest BCUT2D eigenvalue weighted by Crippen LogP contribution is 2.19. The van der Waals surface area contributed by atoms with Gasteiger partial charge in [-0.15, -0.1) is 0 Å². The summed E-state index contributed by atoms with van der Waals surface area (Å²) < 4.78 is 5.23. The van der Waals surface area contributed by atoms with Crippen LogP contribution in [0.15, 0.2) is 18.3 Å². The Morgan fingerprint density at radius 1 is 1.26 bits per heavy atom. The molecule has 1 N–H and O–H groups in total. The van der Waals surface area contributed by atoms with Gasteiger partial charge in [-0.3, -0.25) is 4.90 Å². The molecule has 0 bridgehead atoms. The van der Waals surface area contributed by atoms with Gasteiger partial charge in [0, 0.05) is 45.0 Å². The summed E-state index contributed by atoms with van der Waals surface area (Å²) >= 11 is 0. The molecule has 0 spiro atoms. The second kappa shape index (κ2) is 7.31. The molecule has 0 atom stereocenters. The maximum Gasteiger partial charge on any atom is 0.132 e. The Hall–Kier alpha value is -1.33. The molecule has 2 rings (SSSR count). The van der Waals surface area contributed by atoms with Crippen molar-refractivity contribution in [1.29, 1.82) is 0 Å². The van der Waals surface area contributed by atoms with Crippen LogP contribution in [0.3, 0.4) is 0 Å². The zero-order valence-electron chi connectivity index (χ0n) is 11.6. The molecule has 1 saturated heterocycles. The smallest absolute Gasteiger partial charge is 0.132 e. The molecule has 106 valence electrons. The largest absolute Gasteiger partial charge is 0.497 e. The first-order valence-electron chi connectivity index (χ1n) is 6.91. The molecule has 1 aliphatic heterocycles. The monoisotopic (exact) mass is 265 g/mol. The highest BCUT2D eigenvalue weighted by Gasteiger charge is 2.17. The number of aliphatic hydroxyl groups is 1. The zero-order chi connectivity index (χ0) is 13.5. The van der Waals surface area contributed by atoms with Crippen molar-refractivity contribution in [2.75, 3.05) is 51.3 Å². The number of rotatable bonds is 6. The molecule has 1 fully saturated rings. The first-order valence-corrected chi connectivity index (χ1v) is 6.91. The Bertz CT molecular complexity index is 379. The van der Waals surface area contributed by atoms with E-state index in [9.17, 15) is 0 Å². The lowest BCUT2D eigenvalue weighted by Gasteiger charge is -2.35. The summed E-state index contributed by atoms with van der Waals surface area (Å²) in [6.45, 7) is 5.50. The maximum atomic E-state index is 8.79. The fourth-order valence-corrected chi connectivity index (χ4v) is 2.35. The molecule has 0 radical (unpaired) electrons. The number of piperazine rings is 1. The van der Waals surface area contributed by atoms with Gasteiger partial charge in [-0.25, -0.2) is 4.98 Å². The van der Waals surface area contributed by atoms with Gasteiger partial charge in [-0.05, 0) is 25.5 Å². The summed E-state index contributed by atoms with van der Waals surface area (Å²) in [5.74, 6) is 1.85. The van der Waals surface area contributed by atoms with E-state index >= 15 is 0 Å². The highest BCUT2D eigenvalue weighted by atomic mass is 16.5. The van der Waals surface area contributed by atoms with E-state index in [0.29, 0.717) is 6.61 Å². The minimum absolute atomic E-state index is 0.299. The molecule has 0 aliphatic carbocycles. The fraction of sp³-hybridized carbons (Fsp3) is 0.643. The predicted molar refractivity (Wildman–Crippen MR) is 75.8 cm³/mol. The quantitative estimate of drug-likeness (QED) is 0.777.